The number of hydrogen-bond donors (Lipinski definition) is 5. The fourth-order valence-electron chi connectivity index (χ4n) is 4.50. The van der Waals surface area contributed by atoms with Crippen LogP contribution in [0.25, 0.3) is 0 Å². The maximum absolute atomic E-state index is 11.6. The van der Waals surface area contributed by atoms with Gasteiger partial charge in [0.25, 0.3) is 0 Å². The van der Waals surface area contributed by atoms with Gasteiger partial charge in [0, 0.05) is 51.2 Å². The third-order valence-electron chi connectivity index (χ3n) is 6.97. The average Bonchev–Trinajstić information content (AvgIpc) is 2.88. The number of amidine groups is 2. The summed E-state index contributed by atoms with van der Waals surface area (Å²) in [7, 11) is 1.69. The summed E-state index contributed by atoms with van der Waals surface area (Å²) in [4.78, 5) is 25.2. The Morgan fingerprint density at radius 2 is 1.97 bits per heavy atom. The first-order chi connectivity index (χ1) is 17.6. The van der Waals surface area contributed by atoms with E-state index in [1.807, 2.05) is 44.0 Å². The Labute approximate surface area is 218 Å². The van der Waals surface area contributed by atoms with Crippen LogP contribution in [0.2, 0.25) is 0 Å². The number of aliphatic carboxylic acids is 1. The van der Waals surface area contributed by atoms with Gasteiger partial charge >= 0.3 is 5.97 Å². The van der Waals surface area contributed by atoms with Crippen LogP contribution in [-0.4, -0.2) is 102 Å². The van der Waals surface area contributed by atoms with Gasteiger partial charge in [0.05, 0.1) is 6.10 Å². The average molecular weight is 514 g/mol. The molecule has 0 aromatic carbocycles. The van der Waals surface area contributed by atoms with Gasteiger partial charge in [-0.15, -0.1) is 0 Å². The molecule has 1 fully saturated rings. The molecule has 0 saturated carbocycles. The standard InChI is InChI=1S/C25H39N9O3/c1-15(2)27-22-21-17(13-18(28-22)16(3)37-6)14-26-24(30-21)29-19-7-8-20(32-31-19)33-9-11-34(12-10-33)25(4,5)23(35)36/h7-8,13-16,19,21,31H,9-12H2,1-6H3,(H,27,28)(H,35,36)(H2,26,29,30)/t16-,19?,21?/m1/s1. The van der Waals surface area contributed by atoms with Gasteiger partial charge in [-0.2, -0.15) is 5.10 Å². The van der Waals surface area contributed by atoms with Crippen LogP contribution >= 0.6 is 0 Å². The second kappa shape index (κ2) is 10.9. The Hall–Kier alpha value is -3.38. The number of nitrogens with one attached hydrogen (secondary N) is 4. The van der Waals surface area contributed by atoms with E-state index >= 15 is 0 Å². The summed E-state index contributed by atoms with van der Waals surface area (Å²) in [5.41, 5.74) is 4.24. The Morgan fingerprint density at radius 1 is 1.24 bits per heavy atom. The van der Waals surface area contributed by atoms with Gasteiger partial charge in [-0.3, -0.25) is 20.1 Å². The van der Waals surface area contributed by atoms with Crippen molar-refractivity contribution in [1.82, 2.24) is 31.2 Å². The van der Waals surface area contributed by atoms with Crippen molar-refractivity contribution in [2.75, 3.05) is 33.3 Å². The number of fused-ring (bicyclic) bond motifs is 1. The number of guanidine groups is 1. The van der Waals surface area contributed by atoms with E-state index in [2.05, 4.69) is 37.5 Å². The maximum atomic E-state index is 11.6. The zero-order valence-corrected chi connectivity index (χ0v) is 22.4. The lowest BCUT2D eigenvalue weighted by molar-refractivity contribution is -0.150. The maximum Gasteiger partial charge on any atom is 0.323 e. The Kier molecular flexibility index (Phi) is 7.88. The number of methoxy groups -OCH3 is 1. The first-order valence-electron chi connectivity index (χ1n) is 12.7. The number of piperazine rings is 1. The predicted octanol–water partition coefficient (Wildman–Crippen LogP) is 0.396. The van der Waals surface area contributed by atoms with Crippen LogP contribution in [0.5, 0.6) is 0 Å². The molecule has 0 aromatic rings. The lowest BCUT2D eigenvalue weighted by Crippen LogP contribution is -2.58. The fourth-order valence-corrected chi connectivity index (χ4v) is 4.50. The minimum atomic E-state index is -0.878. The summed E-state index contributed by atoms with van der Waals surface area (Å²) in [5, 5.41) is 24.1. The molecule has 12 heteroatoms. The van der Waals surface area contributed by atoms with Gasteiger partial charge in [-0.05, 0) is 58.4 Å². The molecule has 1 saturated heterocycles. The highest BCUT2D eigenvalue weighted by atomic mass is 16.5. The molecule has 3 atom stereocenters. The second-order valence-electron chi connectivity index (χ2n) is 10.3. The molecule has 202 valence electrons. The molecule has 0 radical (unpaired) electrons. The van der Waals surface area contributed by atoms with Crippen LogP contribution in [0.4, 0.5) is 0 Å². The topological polar surface area (TPSA) is 138 Å². The third kappa shape index (κ3) is 5.96. The van der Waals surface area contributed by atoms with Crippen molar-refractivity contribution in [3.8, 4) is 0 Å². The summed E-state index contributed by atoms with van der Waals surface area (Å²) in [6, 6.07) is -0.0148. The highest BCUT2D eigenvalue weighted by Gasteiger charge is 2.37. The van der Waals surface area contributed by atoms with Gasteiger partial charge in [-0.25, -0.2) is 4.99 Å². The molecule has 12 nitrogen and oxygen atoms in total. The van der Waals surface area contributed by atoms with E-state index in [1.165, 1.54) is 0 Å². The number of carboxylic acids is 1. The number of hydrazone groups is 1. The van der Waals surface area contributed by atoms with Gasteiger partial charge in [0.15, 0.2) is 12.1 Å². The summed E-state index contributed by atoms with van der Waals surface area (Å²) >= 11 is 0. The van der Waals surface area contributed by atoms with Crippen LogP contribution < -0.4 is 21.4 Å². The molecule has 4 aliphatic rings. The molecule has 37 heavy (non-hydrogen) atoms. The van der Waals surface area contributed by atoms with Crippen LogP contribution in [0.1, 0.15) is 34.6 Å². The van der Waals surface area contributed by atoms with Crippen molar-refractivity contribution in [2.24, 2.45) is 15.1 Å². The van der Waals surface area contributed by atoms with Crippen LogP contribution in [0.3, 0.4) is 0 Å². The minimum Gasteiger partial charge on any atom is -0.480 e. The lowest BCUT2D eigenvalue weighted by atomic mass is 9.98. The summed E-state index contributed by atoms with van der Waals surface area (Å²) in [6.07, 6.45) is 7.53. The number of rotatable bonds is 6. The number of carboxylic acid groups (broad SMARTS) is 1. The summed E-state index contributed by atoms with van der Waals surface area (Å²) < 4.78 is 5.49. The predicted molar refractivity (Wildman–Crippen MR) is 144 cm³/mol. The Morgan fingerprint density at radius 3 is 2.57 bits per heavy atom. The molecule has 4 rings (SSSR count). The first-order valence-corrected chi connectivity index (χ1v) is 12.7. The molecule has 4 heterocycles. The van der Waals surface area contributed by atoms with Gasteiger partial charge in [0.2, 0.25) is 0 Å². The minimum absolute atomic E-state index is 0.0791. The van der Waals surface area contributed by atoms with E-state index in [0.29, 0.717) is 32.1 Å². The molecule has 0 spiro atoms. The zero-order chi connectivity index (χ0) is 26.7. The Bertz CT molecular complexity index is 1070. The van der Waals surface area contributed by atoms with Crippen molar-refractivity contribution < 1.29 is 14.6 Å². The summed E-state index contributed by atoms with van der Waals surface area (Å²) in [6.45, 7) is 12.3. The Balaban J connectivity index is 1.39. The van der Waals surface area contributed by atoms with Crippen LogP contribution in [0.15, 0.2) is 50.8 Å². The largest absolute Gasteiger partial charge is 0.480 e. The number of ether oxygens (including phenoxy) is 1. The van der Waals surface area contributed by atoms with Gasteiger partial charge < -0.3 is 30.7 Å². The molecular formula is C25H39N9O3. The van der Waals surface area contributed by atoms with E-state index in [-0.39, 0.29) is 24.4 Å². The lowest BCUT2D eigenvalue weighted by Gasteiger charge is -2.42. The summed E-state index contributed by atoms with van der Waals surface area (Å²) in [5.74, 6) is 1.46. The van der Waals surface area contributed by atoms with E-state index in [0.717, 1.165) is 22.9 Å². The smallest absolute Gasteiger partial charge is 0.323 e. The number of nitrogens with zero attached hydrogens (tertiary/aromatic N) is 5. The van der Waals surface area contributed by atoms with E-state index in [4.69, 9.17) is 14.7 Å². The van der Waals surface area contributed by atoms with E-state index < -0.39 is 11.5 Å². The molecule has 0 aromatic heterocycles. The normalized spacial score (nSPS) is 27.3. The second-order valence-corrected chi connectivity index (χ2v) is 10.3. The first kappa shape index (κ1) is 26.7. The molecule has 0 aliphatic carbocycles. The highest BCUT2D eigenvalue weighted by molar-refractivity contribution is 5.99. The molecule has 4 aliphatic heterocycles. The van der Waals surface area contributed by atoms with Crippen LogP contribution in [-0.2, 0) is 9.53 Å². The number of aliphatic imine (C=N–C) groups is 2. The molecule has 0 bridgehead atoms. The fraction of sp³-hybridized carbons (Fsp3) is 0.600. The molecule has 0 amide bonds. The van der Waals surface area contributed by atoms with Crippen molar-refractivity contribution in [3.05, 3.63) is 35.7 Å². The zero-order valence-electron chi connectivity index (χ0n) is 22.4. The number of hydrogen-bond acceptors (Lipinski definition) is 8. The van der Waals surface area contributed by atoms with E-state index in [1.54, 1.807) is 21.0 Å². The quantitative estimate of drug-likeness (QED) is 0.342. The molecule has 5 N–H and O–H groups in total. The third-order valence-corrected chi connectivity index (χ3v) is 6.97. The van der Waals surface area contributed by atoms with E-state index in [9.17, 15) is 9.90 Å². The molecule has 2 unspecified atom stereocenters. The SMILES string of the molecule is CO[C@H](C)C1=CC2=CNC(=NC3C=CC(N4CCN(C(C)(C)C(=O)O)CC4)=NN3)NC2C(=NC(C)C)N1. The number of carbonyl (C=O) groups is 1. The van der Waals surface area contributed by atoms with Crippen molar-refractivity contribution >= 4 is 23.6 Å². The monoisotopic (exact) mass is 513 g/mol. The van der Waals surface area contributed by atoms with Crippen LogP contribution in [0, 0.1) is 0 Å². The van der Waals surface area contributed by atoms with Crippen molar-refractivity contribution in [3.63, 3.8) is 0 Å². The molecular weight excluding hydrogens is 474 g/mol. The van der Waals surface area contributed by atoms with Crippen molar-refractivity contribution in [2.45, 2.75) is 64.5 Å². The van der Waals surface area contributed by atoms with Crippen molar-refractivity contribution in [1.29, 1.82) is 0 Å². The van der Waals surface area contributed by atoms with Gasteiger partial charge in [-0.1, -0.05) is 0 Å². The highest BCUT2D eigenvalue weighted by Crippen LogP contribution is 2.20. The van der Waals surface area contributed by atoms with Gasteiger partial charge in [0.1, 0.15) is 23.3 Å².